The van der Waals surface area contributed by atoms with Crippen LogP contribution in [0.5, 0.6) is 0 Å². The van der Waals surface area contributed by atoms with Gasteiger partial charge in [-0.1, -0.05) is 11.6 Å². The van der Waals surface area contributed by atoms with Crippen molar-refractivity contribution in [3.63, 3.8) is 0 Å². The number of aromatic nitrogens is 3. The number of aryl methyl sites for hydroxylation is 2. The number of nitrogens with one attached hydrogen (secondary N) is 1. The van der Waals surface area contributed by atoms with Gasteiger partial charge in [0.2, 0.25) is 0 Å². The van der Waals surface area contributed by atoms with E-state index in [1.165, 1.54) is 18.2 Å². The van der Waals surface area contributed by atoms with Crippen LogP contribution in [0.4, 0.5) is 11.6 Å². The molecule has 0 aliphatic heterocycles. The minimum absolute atomic E-state index is 0.0266. The number of benzene rings is 1. The average molecular weight is 314 g/mol. The van der Waals surface area contributed by atoms with Gasteiger partial charge in [-0.15, -0.1) is 5.10 Å². The number of rotatable bonds is 3. The molecule has 0 aliphatic carbocycles. The molecule has 0 saturated carbocycles. The van der Waals surface area contributed by atoms with Crippen LogP contribution in [0.25, 0.3) is 0 Å². The maximum Gasteiger partial charge on any atom is 0.264 e. The Morgan fingerprint density at radius 2 is 1.90 bits per heavy atom. The lowest BCUT2D eigenvalue weighted by atomic mass is 10.3. The zero-order valence-corrected chi connectivity index (χ0v) is 12.3. The lowest BCUT2D eigenvalue weighted by Gasteiger charge is -2.08. The van der Waals surface area contributed by atoms with E-state index in [2.05, 4.69) is 19.9 Å². The Labute approximate surface area is 121 Å². The number of anilines is 2. The van der Waals surface area contributed by atoms with Crippen molar-refractivity contribution in [1.29, 1.82) is 0 Å². The first-order valence-corrected chi connectivity index (χ1v) is 7.41. The molecular formula is C11H12ClN5O2S. The molecule has 1 aromatic heterocycles. The highest BCUT2D eigenvalue weighted by atomic mass is 35.5. The molecule has 1 heterocycles. The molecule has 2 rings (SSSR count). The standard InChI is InChI=1S/C11H12ClN5O2S/c1-6-7(2)15-16-11(14-6)17-20(18,19)8-3-4-9(12)10(13)5-8/h3-5H,13H2,1-2H3,(H,14,16,17). The van der Waals surface area contributed by atoms with Crippen LogP contribution < -0.4 is 10.5 Å². The SMILES string of the molecule is Cc1nnc(NS(=O)(=O)c2ccc(Cl)c(N)c2)nc1C. The molecule has 3 N–H and O–H groups in total. The molecule has 1 aromatic carbocycles. The molecule has 2 aromatic rings. The molecule has 0 bridgehead atoms. The fourth-order valence-electron chi connectivity index (χ4n) is 1.37. The van der Waals surface area contributed by atoms with Crippen LogP contribution in [0.3, 0.4) is 0 Å². The Morgan fingerprint density at radius 3 is 2.50 bits per heavy atom. The molecular weight excluding hydrogens is 302 g/mol. The number of hydrogen-bond donors (Lipinski definition) is 2. The van der Waals surface area contributed by atoms with Gasteiger partial charge in [0.1, 0.15) is 0 Å². The van der Waals surface area contributed by atoms with E-state index in [1.807, 2.05) is 0 Å². The van der Waals surface area contributed by atoms with Gasteiger partial charge in [-0.05, 0) is 32.0 Å². The van der Waals surface area contributed by atoms with Crippen LogP contribution in [0.2, 0.25) is 5.02 Å². The summed E-state index contributed by atoms with van der Waals surface area (Å²) in [6, 6.07) is 4.01. The number of halogens is 1. The summed E-state index contributed by atoms with van der Waals surface area (Å²) in [6.07, 6.45) is 0. The Bertz CT molecular complexity index is 763. The van der Waals surface area contributed by atoms with E-state index in [9.17, 15) is 8.42 Å². The largest absolute Gasteiger partial charge is 0.397 e. The molecule has 0 amide bonds. The van der Waals surface area contributed by atoms with E-state index in [0.717, 1.165) is 0 Å². The molecule has 0 aliphatic rings. The van der Waals surface area contributed by atoms with Gasteiger partial charge in [0.05, 0.1) is 27.0 Å². The molecule has 106 valence electrons. The Hall–Kier alpha value is -1.93. The second-order valence-electron chi connectivity index (χ2n) is 4.10. The first kappa shape index (κ1) is 14.5. The fourth-order valence-corrected chi connectivity index (χ4v) is 2.46. The topological polar surface area (TPSA) is 111 Å². The van der Waals surface area contributed by atoms with Gasteiger partial charge in [-0.2, -0.15) is 5.10 Å². The van der Waals surface area contributed by atoms with Crippen molar-refractivity contribution in [1.82, 2.24) is 15.2 Å². The average Bonchev–Trinajstić information content (AvgIpc) is 2.37. The maximum absolute atomic E-state index is 12.1. The lowest BCUT2D eigenvalue weighted by molar-refractivity contribution is 0.600. The van der Waals surface area contributed by atoms with E-state index in [0.29, 0.717) is 11.4 Å². The van der Waals surface area contributed by atoms with Gasteiger partial charge in [-0.25, -0.2) is 18.1 Å². The zero-order chi connectivity index (χ0) is 14.9. The predicted octanol–water partition coefficient (Wildman–Crippen LogP) is 1.52. The summed E-state index contributed by atoms with van der Waals surface area (Å²) < 4.78 is 26.5. The van der Waals surface area contributed by atoms with Crippen LogP contribution in [0, 0.1) is 13.8 Å². The normalized spacial score (nSPS) is 11.3. The van der Waals surface area contributed by atoms with Crippen molar-refractivity contribution in [3.05, 3.63) is 34.6 Å². The van der Waals surface area contributed by atoms with Crippen LogP contribution in [-0.4, -0.2) is 23.6 Å². The number of sulfonamides is 1. The second-order valence-corrected chi connectivity index (χ2v) is 6.18. The van der Waals surface area contributed by atoms with Gasteiger partial charge < -0.3 is 5.73 Å². The number of nitrogen functional groups attached to an aromatic ring is 1. The highest BCUT2D eigenvalue weighted by Crippen LogP contribution is 2.23. The third-order valence-corrected chi connectivity index (χ3v) is 4.27. The van der Waals surface area contributed by atoms with Gasteiger partial charge >= 0.3 is 0 Å². The third kappa shape index (κ3) is 2.97. The molecule has 7 nitrogen and oxygen atoms in total. The predicted molar refractivity (Wildman–Crippen MR) is 76.0 cm³/mol. The molecule has 0 spiro atoms. The summed E-state index contributed by atoms with van der Waals surface area (Å²) in [4.78, 5) is 3.98. The first-order valence-electron chi connectivity index (χ1n) is 5.55. The van der Waals surface area contributed by atoms with Crippen molar-refractivity contribution in [2.45, 2.75) is 18.7 Å². The van der Waals surface area contributed by atoms with Crippen LogP contribution >= 0.6 is 11.6 Å². The zero-order valence-electron chi connectivity index (χ0n) is 10.8. The van der Waals surface area contributed by atoms with E-state index in [1.54, 1.807) is 13.8 Å². The Balaban J connectivity index is 2.35. The maximum atomic E-state index is 12.1. The minimum Gasteiger partial charge on any atom is -0.397 e. The summed E-state index contributed by atoms with van der Waals surface area (Å²) in [6.45, 7) is 3.44. The Kier molecular flexibility index (Phi) is 3.78. The molecule has 0 atom stereocenters. The van der Waals surface area contributed by atoms with E-state index in [4.69, 9.17) is 17.3 Å². The summed E-state index contributed by atoms with van der Waals surface area (Å²) in [5, 5.41) is 7.77. The number of nitrogens with two attached hydrogens (primary N) is 1. The highest BCUT2D eigenvalue weighted by molar-refractivity contribution is 7.92. The molecule has 20 heavy (non-hydrogen) atoms. The summed E-state index contributed by atoms with van der Waals surface area (Å²) in [5.41, 5.74) is 6.98. The van der Waals surface area contributed by atoms with Gasteiger partial charge in [-0.3, -0.25) is 0 Å². The van der Waals surface area contributed by atoms with Crippen molar-refractivity contribution in [3.8, 4) is 0 Å². The number of nitrogens with zero attached hydrogens (tertiary/aromatic N) is 3. The van der Waals surface area contributed by atoms with Crippen LogP contribution in [0.1, 0.15) is 11.4 Å². The fraction of sp³-hybridized carbons (Fsp3) is 0.182. The van der Waals surface area contributed by atoms with Gasteiger partial charge in [0.15, 0.2) is 0 Å². The highest BCUT2D eigenvalue weighted by Gasteiger charge is 2.17. The summed E-state index contributed by atoms with van der Waals surface area (Å²) in [5.74, 6) is -0.0957. The molecule has 9 heteroatoms. The van der Waals surface area contributed by atoms with Crippen molar-refractivity contribution >= 4 is 33.3 Å². The van der Waals surface area contributed by atoms with Crippen molar-refractivity contribution in [2.75, 3.05) is 10.5 Å². The third-order valence-electron chi connectivity index (χ3n) is 2.60. The number of hydrogen-bond acceptors (Lipinski definition) is 6. The lowest BCUT2D eigenvalue weighted by Crippen LogP contribution is -2.16. The summed E-state index contributed by atoms with van der Waals surface area (Å²) >= 11 is 5.75. The van der Waals surface area contributed by atoms with Gasteiger partial charge in [0, 0.05) is 0 Å². The van der Waals surface area contributed by atoms with Crippen molar-refractivity contribution < 1.29 is 8.42 Å². The molecule has 0 fully saturated rings. The van der Waals surface area contributed by atoms with Crippen LogP contribution in [-0.2, 0) is 10.0 Å². The van der Waals surface area contributed by atoms with Gasteiger partial charge in [0.25, 0.3) is 16.0 Å². The minimum atomic E-state index is -3.84. The Morgan fingerprint density at radius 1 is 1.20 bits per heavy atom. The van der Waals surface area contributed by atoms with Crippen LogP contribution in [0.15, 0.2) is 23.1 Å². The molecule has 0 saturated heterocycles. The molecule has 0 radical (unpaired) electrons. The van der Waals surface area contributed by atoms with E-state index >= 15 is 0 Å². The van der Waals surface area contributed by atoms with Crippen molar-refractivity contribution in [2.24, 2.45) is 0 Å². The van der Waals surface area contributed by atoms with E-state index in [-0.39, 0.29) is 21.6 Å². The molecule has 0 unspecified atom stereocenters. The quantitative estimate of drug-likeness (QED) is 0.831. The second kappa shape index (κ2) is 5.22. The smallest absolute Gasteiger partial charge is 0.264 e. The summed E-state index contributed by atoms with van der Waals surface area (Å²) in [7, 11) is -3.84. The van der Waals surface area contributed by atoms with E-state index < -0.39 is 10.0 Å². The monoisotopic (exact) mass is 313 g/mol. The first-order chi connectivity index (χ1) is 9.29.